The minimum absolute atomic E-state index is 0.0151. The summed E-state index contributed by atoms with van der Waals surface area (Å²) in [6, 6.07) is 10.3. The number of hydrogen-bond acceptors (Lipinski definition) is 6. The van der Waals surface area contributed by atoms with E-state index in [1.165, 1.54) is 30.2 Å². The van der Waals surface area contributed by atoms with Gasteiger partial charge in [0.2, 0.25) is 0 Å². The zero-order valence-electron chi connectivity index (χ0n) is 17.6. The number of hydrogen-bond donors (Lipinski definition) is 2. The number of likely N-dealkylation sites (tertiary alicyclic amines) is 1. The van der Waals surface area contributed by atoms with E-state index in [9.17, 15) is 19.8 Å². The van der Waals surface area contributed by atoms with Crippen LogP contribution in [0.2, 0.25) is 5.02 Å². The lowest BCUT2D eigenvalue weighted by Gasteiger charge is -2.27. The summed E-state index contributed by atoms with van der Waals surface area (Å²) < 4.78 is 5.46. The Labute approximate surface area is 186 Å². The average molecular weight is 445 g/mol. The van der Waals surface area contributed by atoms with Crippen LogP contribution in [0, 0.1) is 0 Å². The molecule has 1 atom stereocenters. The van der Waals surface area contributed by atoms with Gasteiger partial charge < -0.3 is 24.7 Å². The first-order valence-electron chi connectivity index (χ1n) is 9.81. The Morgan fingerprint density at radius 1 is 1.19 bits per heavy atom. The van der Waals surface area contributed by atoms with Crippen molar-refractivity contribution in [2.75, 3.05) is 34.3 Å². The van der Waals surface area contributed by atoms with Crippen LogP contribution < -0.4 is 4.74 Å². The number of aliphatic hydroxyl groups is 1. The van der Waals surface area contributed by atoms with Crippen molar-refractivity contribution in [1.29, 1.82) is 0 Å². The number of phenolic OH excluding ortho intramolecular Hbond substituents is 1. The van der Waals surface area contributed by atoms with Crippen LogP contribution in [-0.2, 0) is 9.59 Å². The molecular weight excluding hydrogens is 420 g/mol. The number of rotatable bonds is 7. The predicted molar refractivity (Wildman–Crippen MR) is 118 cm³/mol. The van der Waals surface area contributed by atoms with Crippen molar-refractivity contribution in [1.82, 2.24) is 9.80 Å². The lowest BCUT2D eigenvalue weighted by Crippen LogP contribution is -2.32. The molecule has 2 aromatic rings. The van der Waals surface area contributed by atoms with Gasteiger partial charge in [0.15, 0.2) is 0 Å². The molecular formula is C23H25ClN2O5. The highest BCUT2D eigenvalue weighted by Crippen LogP contribution is 2.43. The highest BCUT2D eigenvalue weighted by Gasteiger charge is 2.47. The van der Waals surface area contributed by atoms with E-state index in [1.807, 2.05) is 19.0 Å². The third-order valence-electron chi connectivity index (χ3n) is 5.19. The van der Waals surface area contributed by atoms with Crippen LogP contribution in [-0.4, -0.2) is 66.0 Å². The van der Waals surface area contributed by atoms with Gasteiger partial charge in [-0.1, -0.05) is 29.8 Å². The number of Topliss-reactive ketones (excluding diaryl/α,β-unsaturated/α-hetero) is 1. The van der Waals surface area contributed by atoms with E-state index >= 15 is 0 Å². The van der Waals surface area contributed by atoms with Crippen LogP contribution >= 0.6 is 11.6 Å². The molecule has 0 aliphatic carbocycles. The van der Waals surface area contributed by atoms with Gasteiger partial charge in [-0.3, -0.25) is 9.59 Å². The first-order valence-corrected chi connectivity index (χ1v) is 10.2. The lowest BCUT2D eigenvalue weighted by atomic mass is 9.94. The van der Waals surface area contributed by atoms with E-state index in [0.29, 0.717) is 24.3 Å². The largest absolute Gasteiger partial charge is 0.507 e. The Morgan fingerprint density at radius 2 is 1.90 bits per heavy atom. The van der Waals surface area contributed by atoms with Crippen molar-refractivity contribution in [2.45, 2.75) is 12.5 Å². The first-order chi connectivity index (χ1) is 14.8. The summed E-state index contributed by atoms with van der Waals surface area (Å²) in [6.07, 6.45) is 0.633. The van der Waals surface area contributed by atoms with Gasteiger partial charge in [-0.05, 0) is 51.3 Å². The number of ether oxygens (including phenoxy) is 1. The fourth-order valence-corrected chi connectivity index (χ4v) is 3.90. The van der Waals surface area contributed by atoms with Crippen LogP contribution in [0.15, 0.2) is 48.0 Å². The number of nitrogens with zero attached hydrogens (tertiary/aromatic N) is 2. The Morgan fingerprint density at radius 3 is 2.58 bits per heavy atom. The first kappa shape index (κ1) is 22.7. The fourth-order valence-electron chi connectivity index (χ4n) is 3.73. The zero-order valence-corrected chi connectivity index (χ0v) is 18.4. The number of carbonyl (C=O) groups excluding carboxylic acids is 2. The quantitative estimate of drug-likeness (QED) is 0.386. The summed E-state index contributed by atoms with van der Waals surface area (Å²) in [5.74, 6) is -1.78. The number of aromatic hydroxyl groups is 1. The van der Waals surface area contributed by atoms with E-state index in [1.54, 1.807) is 24.3 Å². The topological polar surface area (TPSA) is 90.3 Å². The third-order valence-corrected chi connectivity index (χ3v) is 5.43. The number of carbonyl (C=O) groups is 2. The van der Waals surface area contributed by atoms with E-state index in [2.05, 4.69) is 0 Å². The Hall–Kier alpha value is -3.03. The second kappa shape index (κ2) is 9.41. The molecule has 1 fully saturated rings. The number of amides is 1. The third kappa shape index (κ3) is 4.52. The Bertz CT molecular complexity index is 1030. The summed E-state index contributed by atoms with van der Waals surface area (Å²) in [5.41, 5.74) is 0.438. The number of benzene rings is 2. The summed E-state index contributed by atoms with van der Waals surface area (Å²) in [7, 11) is 5.35. The van der Waals surface area contributed by atoms with Crippen molar-refractivity contribution >= 4 is 29.1 Å². The summed E-state index contributed by atoms with van der Waals surface area (Å²) in [6.45, 7) is 1.03. The van der Waals surface area contributed by atoms with Crippen LogP contribution in [0.3, 0.4) is 0 Å². The molecule has 1 heterocycles. The number of aliphatic hydroxyl groups excluding tert-OH is 1. The molecule has 1 aliphatic heterocycles. The molecule has 0 saturated carbocycles. The highest BCUT2D eigenvalue weighted by atomic mass is 35.5. The molecule has 0 radical (unpaired) electrons. The van der Waals surface area contributed by atoms with Gasteiger partial charge >= 0.3 is 0 Å². The monoisotopic (exact) mass is 444 g/mol. The second-order valence-corrected chi connectivity index (χ2v) is 7.99. The minimum atomic E-state index is -0.864. The molecule has 31 heavy (non-hydrogen) atoms. The number of para-hydroxylation sites is 1. The Balaban J connectivity index is 2.19. The van der Waals surface area contributed by atoms with E-state index in [0.717, 1.165) is 6.54 Å². The van der Waals surface area contributed by atoms with Crippen LogP contribution in [0.4, 0.5) is 0 Å². The predicted octanol–water partition coefficient (Wildman–Crippen LogP) is 3.43. The number of halogens is 1. The van der Waals surface area contributed by atoms with Crippen LogP contribution in [0.25, 0.3) is 5.76 Å². The van der Waals surface area contributed by atoms with Gasteiger partial charge in [0, 0.05) is 17.1 Å². The second-order valence-electron chi connectivity index (χ2n) is 7.55. The number of ketones is 1. The van der Waals surface area contributed by atoms with Crippen LogP contribution in [0.5, 0.6) is 11.5 Å². The molecule has 1 saturated heterocycles. The van der Waals surface area contributed by atoms with Crippen molar-refractivity contribution in [3.8, 4) is 11.5 Å². The maximum absolute atomic E-state index is 13.0. The van der Waals surface area contributed by atoms with E-state index < -0.39 is 23.5 Å². The maximum atomic E-state index is 13.0. The molecule has 0 aromatic heterocycles. The van der Waals surface area contributed by atoms with E-state index in [4.69, 9.17) is 16.3 Å². The van der Waals surface area contributed by atoms with Gasteiger partial charge in [-0.2, -0.15) is 0 Å². The highest BCUT2D eigenvalue weighted by molar-refractivity contribution is 6.46. The van der Waals surface area contributed by atoms with Crippen molar-refractivity contribution in [3.05, 3.63) is 64.2 Å². The smallest absolute Gasteiger partial charge is 0.295 e. The lowest BCUT2D eigenvalue weighted by molar-refractivity contribution is -0.140. The molecule has 0 spiro atoms. The summed E-state index contributed by atoms with van der Waals surface area (Å²) in [5, 5.41) is 21.6. The molecule has 1 amide bonds. The van der Waals surface area contributed by atoms with Crippen LogP contribution in [0.1, 0.15) is 23.6 Å². The molecule has 164 valence electrons. The summed E-state index contributed by atoms with van der Waals surface area (Å²) in [4.78, 5) is 29.4. The molecule has 3 rings (SSSR count). The Kier molecular flexibility index (Phi) is 6.87. The molecule has 1 aliphatic rings. The molecule has 2 N–H and O–H groups in total. The van der Waals surface area contributed by atoms with Crippen molar-refractivity contribution in [3.63, 3.8) is 0 Å². The number of phenols is 1. The van der Waals surface area contributed by atoms with Gasteiger partial charge in [-0.25, -0.2) is 0 Å². The van der Waals surface area contributed by atoms with Crippen molar-refractivity contribution in [2.24, 2.45) is 0 Å². The molecule has 7 nitrogen and oxygen atoms in total. The SMILES string of the molecule is COc1ccccc1[C@H]1C(=C(O)c2cc(Cl)ccc2O)C(=O)C(=O)N1CCCN(C)C. The standard InChI is InChI=1S/C23H25ClN2O5/c1-25(2)11-6-12-26-20(15-7-4-5-8-18(15)31-3)19(22(29)23(26)30)21(28)16-13-14(24)9-10-17(16)27/h4-5,7-10,13,20,27-28H,6,11-12H2,1-3H3/t20-/m0/s1. The number of methoxy groups -OCH3 is 1. The van der Waals surface area contributed by atoms with Crippen molar-refractivity contribution < 1.29 is 24.5 Å². The molecule has 2 aromatic carbocycles. The zero-order chi connectivity index (χ0) is 22.7. The molecule has 8 heteroatoms. The van der Waals surface area contributed by atoms with Gasteiger partial charge in [0.25, 0.3) is 11.7 Å². The summed E-state index contributed by atoms with van der Waals surface area (Å²) >= 11 is 6.03. The van der Waals surface area contributed by atoms with Gasteiger partial charge in [0.05, 0.1) is 24.3 Å². The average Bonchev–Trinajstić information content (AvgIpc) is 2.99. The minimum Gasteiger partial charge on any atom is -0.507 e. The molecule has 0 bridgehead atoms. The maximum Gasteiger partial charge on any atom is 0.295 e. The molecule has 0 unspecified atom stereocenters. The fraction of sp³-hybridized carbons (Fsp3) is 0.304. The van der Waals surface area contributed by atoms with Gasteiger partial charge in [-0.15, -0.1) is 0 Å². The van der Waals surface area contributed by atoms with Gasteiger partial charge in [0.1, 0.15) is 17.3 Å². The van der Waals surface area contributed by atoms with E-state index in [-0.39, 0.29) is 21.9 Å². The normalized spacial score (nSPS) is 18.1.